The Labute approximate surface area is 118 Å². The molecule has 2 N–H and O–H groups in total. The van der Waals surface area contributed by atoms with Crippen LogP contribution in [0.4, 0.5) is 0 Å². The minimum atomic E-state index is 0.662. The van der Waals surface area contributed by atoms with E-state index < -0.39 is 0 Å². The van der Waals surface area contributed by atoms with Gasteiger partial charge >= 0.3 is 0 Å². The van der Waals surface area contributed by atoms with Crippen molar-refractivity contribution in [3.63, 3.8) is 0 Å². The molecule has 1 heterocycles. The highest BCUT2D eigenvalue weighted by molar-refractivity contribution is 7.99. The lowest BCUT2D eigenvalue weighted by molar-refractivity contribution is 0.550. The summed E-state index contributed by atoms with van der Waals surface area (Å²) in [7, 11) is 0. The number of aromatic nitrogens is 3. The van der Waals surface area contributed by atoms with E-state index in [2.05, 4.69) is 52.5 Å². The van der Waals surface area contributed by atoms with Crippen LogP contribution in [0.3, 0.4) is 0 Å². The van der Waals surface area contributed by atoms with E-state index in [1.165, 1.54) is 10.5 Å². The summed E-state index contributed by atoms with van der Waals surface area (Å²) < 4.78 is 0. The van der Waals surface area contributed by atoms with E-state index in [1.54, 1.807) is 11.8 Å². The van der Waals surface area contributed by atoms with Crippen molar-refractivity contribution in [1.82, 2.24) is 20.5 Å². The predicted octanol–water partition coefficient (Wildman–Crippen LogP) is 3.01. The van der Waals surface area contributed by atoms with E-state index in [-0.39, 0.29) is 0 Å². The fourth-order valence-electron chi connectivity index (χ4n) is 1.71. The van der Waals surface area contributed by atoms with Gasteiger partial charge in [0.15, 0.2) is 0 Å². The number of aryl methyl sites for hydroxylation is 1. The zero-order valence-electron chi connectivity index (χ0n) is 11.6. The molecule has 0 amide bonds. The number of hydrogen-bond donors (Lipinski definition) is 2. The molecular weight excluding hydrogens is 256 g/mol. The highest BCUT2D eigenvalue weighted by atomic mass is 32.2. The Morgan fingerprint density at radius 2 is 2.11 bits per heavy atom. The number of benzene rings is 1. The van der Waals surface area contributed by atoms with Gasteiger partial charge < -0.3 is 5.32 Å². The molecule has 0 atom stereocenters. The van der Waals surface area contributed by atoms with Gasteiger partial charge in [-0.15, -0.1) is 5.10 Å². The molecule has 19 heavy (non-hydrogen) atoms. The van der Waals surface area contributed by atoms with E-state index in [4.69, 9.17) is 0 Å². The molecule has 2 aromatic rings. The molecule has 0 aliphatic rings. The van der Waals surface area contributed by atoms with Crippen LogP contribution in [0, 0.1) is 12.8 Å². The number of nitrogens with zero attached hydrogens (tertiary/aromatic N) is 2. The molecule has 1 aromatic heterocycles. The quantitative estimate of drug-likeness (QED) is 0.851. The molecule has 0 saturated heterocycles. The van der Waals surface area contributed by atoms with Crippen molar-refractivity contribution in [2.45, 2.75) is 37.4 Å². The molecule has 1 aromatic carbocycles. The maximum atomic E-state index is 4.33. The molecule has 0 aliphatic carbocycles. The molecule has 5 heteroatoms. The van der Waals surface area contributed by atoms with E-state index in [0.29, 0.717) is 5.92 Å². The Kier molecular flexibility index (Phi) is 4.99. The molecule has 0 spiro atoms. The van der Waals surface area contributed by atoms with Crippen molar-refractivity contribution in [3.8, 4) is 0 Å². The third-order valence-electron chi connectivity index (χ3n) is 2.62. The number of nitrogens with one attached hydrogen (secondary N) is 2. The van der Waals surface area contributed by atoms with E-state index in [9.17, 15) is 0 Å². The van der Waals surface area contributed by atoms with Crippen molar-refractivity contribution in [2.24, 2.45) is 5.92 Å². The fourth-order valence-corrected chi connectivity index (χ4v) is 2.60. The van der Waals surface area contributed by atoms with Crippen molar-refractivity contribution < 1.29 is 0 Å². The minimum Gasteiger partial charge on any atom is -0.312 e. The van der Waals surface area contributed by atoms with Crippen molar-refractivity contribution in [2.75, 3.05) is 6.54 Å². The number of H-pyrrole nitrogens is 1. The minimum absolute atomic E-state index is 0.662. The summed E-state index contributed by atoms with van der Waals surface area (Å²) in [5, 5.41) is 11.3. The highest BCUT2D eigenvalue weighted by Crippen LogP contribution is 2.27. The second-order valence-corrected chi connectivity index (χ2v) is 5.95. The third kappa shape index (κ3) is 4.36. The first-order valence-corrected chi connectivity index (χ1v) is 7.32. The lowest BCUT2D eigenvalue weighted by Gasteiger charge is -2.10. The third-order valence-corrected chi connectivity index (χ3v) is 3.60. The molecule has 0 unspecified atom stereocenters. The molecule has 2 rings (SSSR count). The first kappa shape index (κ1) is 14.1. The summed E-state index contributed by atoms with van der Waals surface area (Å²) in [5.41, 5.74) is 1.29. The Hall–Kier alpha value is -1.33. The zero-order chi connectivity index (χ0) is 13.7. The smallest absolute Gasteiger partial charge is 0.213 e. The Balaban J connectivity index is 2.03. The highest BCUT2D eigenvalue weighted by Gasteiger charge is 2.07. The maximum Gasteiger partial charge on any atom is 0.213 e. The second-order valence-electron chi connectivity index (χ2n) is 4.94. The van der Waals surface area contributed by atoms with Crippen molar-refractivity contribution in [1.29, 1.82) is 0 Å². The van der Waals surface area contributed by atoms with Gasteiger partial charge in [-0.1, -0.05) is 32.0 Å². The van der Waals surface area contributed by atoms with E-state index in [0.717, 1.165) is 24.1 Å². The topological polar surface area (TPSA) is 53.6 Å². The molecule has 0 aliphatic heterocycles. The van der Waals surface area contributed by atoms with Gasteiger partial charge in [0.25, 0.3) is 0 Å². The monoisotopic (exact) mass is 276 g/mol. The average Bonchev–Trinajstić information content (AvgIpc) is 2.77. The second kappa shape index (κ2) is 6.73. The van der Waals surface area contributed by atoms with Gasteiger partial charge in [0.1, 0.15) is 5.82 Å². The average molecular weight is 276 g/mol. The largest absolute Gasteiger partial charge is 0.312 e. The zero-order valence-corrected chi connectivity index (χ0v) is 12.4. The van der Waals surface area contributed by atoms with Crippen LogP contribution in [0.5, 0.6) is 0 Å². The first-order chi connectivity index (χ1) is 9.15. The van der Waals surface area contributed by atoms with Crippen LogP contribution in [0.25, 0.3) is 0 Å². The predicted molar refractivity (Wildman–Crippen MR) is 78.2 cm³/mol. The maximum absolute atomic E-state index is 4.33. The summed E-state index contributed by atoms with van der Waals surface area (Å²) in [5.74, 6) is 1.51. The Bertz CT molecular complexity index is 522. The summed E-state index contributed by atoms with van der Waals surface area (Å²) in [6, 6.07) is 8.38. The summed E-state index contributed by atoms with van der Waals surface area (Å²) in [4.78, 5) is 5.54. The van der Waals surface area contributed by atoms with Crippen molar-refractivity contribution >= 4 is 11.8 Å². The van der Waals surface area contributed by atoms with E-state index in [1.807, 2.05) is 13.0 Å². The fraction of sp³-hybridized carbons (Fsp3) is 0.429. The Morgan fingerprint density at radius 3 is 2.79 bits per heavy atom. The van der Waals surface area contributed by atoms with Gasteiger partial charge in [0, 0.05) is 11.4 Å². The summed E-state index contributed by atoms with van der Waals surface area (Å²) in [6.45, 7) is 8.24. The van der Waals surface area contributed by atoms with Crippen LogP contribution >= 0.6 is 11.8 Å². The van der Waals surface area contributed by atoms with Gasteiger partial charge in [-0.2, -0.15) is 0 Å². The summed E-state index contributed by atoms with van der Waals surface area (Å²) >= 11 is 1.60. The lowest BCUT2D eigenvalue weighted by atomic mass is 10.2. The van der Waals surface area contributed by atoms with E-state index >= 15 is 0 Å². The molecule has 0 fully saturated rings. The number of aromatic amines is 1. The Morgan fingerprint density at radius 1 is 1.32 bits per heavy atom. The molecule has 0 radical (unpaired) electrons. The SMILES string of the molecule is Cc1nc(Sc2ccccc2CNCC(C)C)n[nH]1. The lowest BCUT2D eigenvalue weighted by Crippen LogP contribution is -2.19. The molecule has 4 nitrogen and oxygen atoms in total. The van der Waals surface area contributed by atoms with Gasteiger partial charge in [-0.05, 0) is 42.8 Å². The van der Waals surface area contributed by atoms with Crippen LogP contribution in [0.15, 0.2) is 34.3 Å². The molecular formula is C14H20N4S. The number of rotatable bonds is 6. The molecule has 102 valence electrons. The van der Waals surface area contributed by atoms with Crippen LogP contribution in [-0.2, 0) is 6.54 Å². The van der Waals surface area contributed by atoms with Gasteiger partial charge in [0.05, 0.1) is 0 Å². The van der Waals surface area contributed by atoms with Crippen LogP contribution in [-0.4, -0.2) is 21.7 Å². The molecule has 0 bridgehead atoms. The van der Waals surface area contributed by atoms with Gasteiger partial charge in [-0.25, -0.2) is 4.98 Å². The van der Waals surface area contributed by atoms with Gasteiger partial charge in [-0.3, -0.25) is 5.10 Å². The standard InChI is InChI=1S/C14H20N4S/c1-10(2)8-15-9-12-6-4-5-7-13(12)19-14-16-11(3)17-18-14/h4-7,10,15H,8-9H2,1-3H3,(H,16,17,18). The normalized spacial score (nSPS) is 11.2. The van der Waals surface area contributed by atoms with Crippen LogP contribution < -0.4 is 5.32 Å². The first-order valence-electron chi connectivity index (χ1n) is 6.50. The van der Waals surface area contributed by atoms with Crippen molar-refractivity contribution in [3.05, 3.63) is 35.7 Å². The van der Waals surface area contributed by atoms with Crippen LogP contribution in [0.2, 0.25) is 0 Å². The summed E-state index contributed by atoms with van der Waals surface area (Å²) in [6.07, 6.45) is 0. The van der Waals surface area contributed by atoms with Gasteiger partial charge in [0.2, 0.25) is 5.16 Å². The number of hydrogen-bond acceptors (Lipinski definition) is 4. The van der Waals surface area contributed by atoms with Crippen LogP contribution in [0.1, 0.15) is 25.2 Å². The molecule has 0 saturated carbocycles.